The van der Waals surface area contributed by atoms with Crippen molar-refractivity contribution in [2.75, 3.05) is 13.2 Å². The molecule has 0 bridgehead atoms. The lowest BCUT2D eigenvalue weighted by Crippen LogP contribution is -2.31. The largest absolute Gasteiger partial charge is 0.463 e. The fourth-order valence-electron chi connectivity index (χ4n) is 2.62. The number of rotatable bonds is 10. The summed E-state index contributed by atoms with van der Waals surface area (Å²) in [7, 11) is 0. The smallest absolute Gasteiger partial charge is 0.309 e. The second-order valence-corrected chi connectivity index (χ2v) is 5.80. The van der Waals surface area contributed by atoms with E-state index in [2.05, 4.69) is 34.6 Å². The van der Waals surface area contributed by atoms with Gasteiger partial charge in [-0.15, -0.1) is 0 Å². The number of aliphatic hydroxyl groups is 1. The summed E-state index contributed by atoms with van der Waals surface area (Å²) < 4.78 is 5.18. The molecule has 0 aliphatic heterocycles. The van der Waals surface area contributed by atoms with E-state index in [1.54, 1.807) is 0 Å². The van der Waals surface area contributed by atoms with Crippen molar-refractivity contribution in [2.45, 2.75) is 66.7 Å². The van der Waals surface area contributed by atoms with Crippen LogP contribution in [0.4, 0.5) is 0 Å². The average Bonchev–Trinajstić information content (AvgIpc) is 2.44. The van der Waals surface area contributed by atoms with Crippen LogP contribution in [0.25, 0.3) is 0 Å². The lowest BCUT2D eigenvalue weighted by Gasteiger charge is -2.33. The molecule has 1 unspecified atom stereocenters. The second kappa shape index (κ2) is 9.35. The van der Waals surface area contributed by atoms with Crippen molar-refractivity contribution >= 4 is 5.97 Å². The van der Waals surface area contributed by atoms with Gasteiger partial charge in [0.25, 0.3) is 0 Å². The van der Waals surface area contributed by atoms with Gasteiger partial charge in [0.15, 0.2) is 0 Å². The third-order valence-electron chi connectivity index (χ3n) is 4.68. The van der Waals surface area contributed by atoms with Crippen LogP contribution in [0, 0.1) is 17.3 Å². The van der Waals surface area contributed by atoms with E-state index in [9.17, 15) is 4.79 Å². The molecular weight excluding hydrogens is 240 g/mol. The number of esters is 1. The minimum Gasteiger partial charge on any atom is -0.463 e. The Hall–Kier alpha value is -0.570. The van der Waals surface area contributed by atoms with E-state index in [0.29, 0.717) is 5.92 Å². The van der Waals surface area contributed by atoms with Crippen molar-refractivity contribution in [3.63, 3.8) is 0 Å². The quantitative estimate of drug-likeness (QED) is 0.615. The summed E-state index contributed by atoms with van der Waals surface area (Å²) in [5, 5.41) is 8.80. The van der Waals surface area contributed by atoms with Crippen LogP contribution in [0.5, 0.6) is 0 Å². The highest BCUT2D eigenvalue weighted by Gasteiger charge is 2.34. The number of ether oxygens (including phenoxy) is 1. The van der Waals surface area contributed by atoms with Gasteiger partial charge in [-0.2, -0.15) is 0 Å². The summed E-state index contributed by atoms with van der Waals surface area (Å²) in [6, 6.07) is 0. The van der Waals surface area contributed by atoms with E-state index >= 15 is 0 Å². The van der Waals surface area contributed by atoms with Gasteiger partial charge in [-0.1, -0.05) is 60.3 Å². The Morgan fingerprint density at radius 2 is 1.68 bits per heavy atom. The highest BCUT2D eigenvalue weighted by Crippen LogP contribution is 2.38. The van der Waals surface area contributed by atoms with E-state index in [-0.39, 0.29) is 30.5 Å². The van der Waals surface area contributed by atoms with Crippen LogP contribution in [0.2, 0.25) is 0 Å². The van der Waals surface area contributed by atoms with Crippen LogP contribution in [0.3, 0.4) is 0 Å². The fraction of sp³-hybridized carbons (Fsp3) is 0.938. The second-order valence-electron chi connectivity index (χ2n) is 5.80. The van der Waals surface area contributed by atoms with Crippen molar-refractivity contribution in [2.24, 2.45) is 17.3 Å². The topological polar surface area (TPSA) is 46.5 Å². The van der Waals surface area contributed by atoms with Crippen molar-refractivity contribution < 1.29 is 14.6 Å². The van der Waals surface area contributed by atoms with Crippen LogP contribution in [0.1, 0.15) is 66.7 Å². The highest BCUT2D eigenvalue weighted by molar-refractivity contribution is 5.72. The first-order chi connectivity index (χ1) is 8.97. The fourth-order valence-corrected chi connectivity index (χ4v) is 2.62. The molecule has 0 aliphatic carbocycles. The molecule has 114 valence electrons. The molecule has 3 heteroatoms. The van der Waals surface area contributed by atoms with Crippen molar-refractivity contribution in [3.05, 3.63) is 0 Å². The minimum atomic E-state index is -0.129. The molecule has 0 saturated heterocycles. The summed E-state index contributed by atoms with van der Waals surface area (Å²) in [4.78, 5) is 12.2. The maximum absolute atomic E-state index is 12.2. The summed E-state index contributed by atoms with van der Waals surface area (Å²) >= 11 is 0. The Labute approximate surface area is 118 Å². The predicted molar refractivity (Wildman–Crippen MR) is 78.9 cm³/mol. The number of carbonyl (C=O) groups is 1. The minimum absolute atomic E-state index is 0.0357. The van der Waals surface area contributed by atoms with Crippen LogP contribution in [0.15, 0.2) is 0 Å². The van der Waals surface area contributed by atoms with Crippen LogP contribution < -0.4 is 0 Å². The molecule has 0 fully saturated rings. The van der Waals surface area contributed by atoms with E-state index in [1.165, 1.54) is 0 Å². The first-order valence-electron chi connectivity index (χ1n) is 7.75. The summed E-state index contributed by atoms with van der Waals surface area (Å²) in [6.45, 7) is 10.9. The van der Waals surface area contributed by atoms with Gasteiger partial charge in [-0.3, -0.25) is 4.79 Å². The van der Waals surface area contributed by atoms with Gasteiger partial charge < -0.3 is 9.84 Å². The molecule has 0 rings (SSSR count). The van der Waals surface area contributed by atoms with Crippen LogP contribution >= 0.6 is 0 Å². The lowest BCUT2D eigenvalue weighted by atomic mass is 9.72. The number of hydrogen-bond acceptors (Lipinski definition) is 3. The molecule has 0 saturated carbocycles. The maximum Gasteiger partial charge on any atom is 0.309 e. The molecular formula is C16H32O3. The summed E-state index contributed by atoms with van der Waals surface area (Å²) in [5.41, 5.74) is 0.200. The Kier molecular flexibility index (Phi) is 9.07. The van der Waals surface area contributed by atoms with Crippen molar-refractivity contribution in [3.8, 4) is 0 Å². The molecule has 0 heterocycles. The Bertz CT molecular complexity index is 242. The van der Waals surface area contributed by atoms with E-state index in [0.717, 1.165) is 32.1 Å². The van der Waals surface area contributed by atoms with Gasteiger partial charge in [-0.05, 0) is 17.8 Å². The average molecular weight is 272 g/mol. The third kappa shape index (κ3) is 5.94. The number of hydrogen-bond donors (Lipinski definition) is 1. The van der Waals surface area contributed by atoms with Crippen LogP contribution in [-0.2, 0) is 9.53 Å². The summed E-state index contributed by atoms with van der Waals surface area (Å²) in [6.07, 6.45) is 5.04. The molecule has 0 spiro atoms. The predicted octanol–water partition coefficient (Wildman–Crippen LogP) is 3.79. The molecule has 0 amide bonds. The maximum atomic E-state index is 12.2. The Morgan fingerprint density at radius 3 is 2.05 bits per heavy atom. The van der Waals surface area contributed by atoms with Gasteiger partial charge in [0.2, 0.25) is 0 Å². The molecule has 0 aromatic carbocycles. The molecule has 0 aromatic heterocycles. The Balaban J connectivity index is 4.89. The normalized spacial score (nSPS) is 13.6. The zero-order valence-corrected chi connectivity index (χ0v) is 13.4. The van der Waals surface area contributed by atoms with Gasteiger partial charge >= 0.3 is 5.97 Å². The van der Waals surface area contributed by atoms with Crippen molar-refractivity contribution in [1.82, 2.24) is 0 Å². The molecule has 0 aromatic rings. The van der Waals surface area contributed by atoms with E-state index in [4.69, 9.17) is 9.84 Å². The first-order valence-corrected chi connectivity index (χ1v) is 7.75. The van der Waals surface area contributed by atoms with E-state index in [1.807, 2.05) is 0 Å². The molecule has 0 radical (unpaired) electrons. The third-order valence-corrected chi connectivity index (χ3v) is 4.68. The highest BCUT2D eigenvalue weighted by atomic mass is 16.5. The van der Waals surface area contributed by atoms with Gasteiger partial charge in [-0.25, -0.2) is 0 Å². The molecule has 1 atom stereocenters. The summed E-state index contributed by atoms with van der Waals surface area (Å²) in [5.74, 6) is 0.214. The zero-order chi connectivity index (χ0) is 14.9. The van der Waals surface area contributed by atoms with Crippen LogP contribution in [-0.4, -0.2) is 24.3 Å². The zero-order valence-electron chi connectivity index (χ0n) is 13.4. The van der Waals surface area contributed by atoms with Gasteiger partial charge in [0, 0.05) is 0 Å². The molecule has 19 heavy (non-hydrogen) atoms. The van der Waals surface area contributed by atoms with Gasteiger partial charge in [0.1, 0.15) is 6.61 Å². The van der Waals surface area contributed by atoms with Gasteiger partial charge in [0.05, 0.1) is 12.5 Å². The van der Waals surface area contributed by atoms with E-state index < -0.39 is 0 Å². The number of carbonyl (C=O) groups excluding carboxylic acids is 1. The number of aliphatic hydroxyl groups excluding tert-OH is 1. The molecule has 3 nitrogen and oxygen atoms in total. The standard InChI is InChI=1S/C16H32O3/c1-6-13(7-2)14(15(18)19-11-10-17)12-16(5,8-3)9-4/h13-14,17H,6-12H2,1-5H3. The lowest BCUT2D eigenvalue weighted by molar-refractivity contribution is -0.153. The monoisotopic (exact) mass is 272 g/mol. The first kappa shape index (κ1) is 18.4. The molecule has 0 aliphatic rings. The molecule has 1 N–H and O–H groups in total. The van der Waals surface area contributed by atoms with Crippen molar-refractivity contribution in [1.29, 1.82) is 0 Å². The SMILES string of the molecule is CCC(CC)C(CC(C)(CC)CC)C(=O)OCCO. The Morgan fingerprint density at radius 1 is 1.16 bits per heavy atom.